The van der Waals surface area contributed by atoms with Crippen molar-refractivity contribution in [3.05, 3.63) is 35.4 Å². The molecule has 2 heteroatoms. The highest BCUT2D eigenvalue weighted by Crippen LogP contribution is 2.28. The normalized spacial score (nSPS) is 19.5. The molecule has 0 radical (unpaired) electrons. The van der Waals surface area contributed by atoms with Crippen molar-refractivity contribution in [1.29, 1.82) is 0 Å². The lowest BCUT2D eigenvalue weighted by atomic mass is 10.0. The van der Waals surface area contributed by atoms with Crippen LogP contribution in [-0.4, -0.2) is 23.3 Å². The fourth-order valence-electron chi connectivity index (χ4n) is 2.93. The molecule has 1 fully saturated rings. The molecule has 0 bridgehead atoms. The van der Waals surface area contributed by atoms with Crippen LogP contribution < -0.4 is 5.32 Å². The quantitative estimate of drug-likeness (QED) is 0.824. The van der Waals surface area contributed by atoms with Crippen LogP contribution in [-0.2, 0) is 6.42 Å². The zero-order valence-corrected chi connectivity index (χ0v) is 12.3. The van der Waals surface area contributed by atoms with Crippen molar-refractivity contribution in [3.8, 4) is 0 Å². The maximum Gasteiger partial charge on any atom is 0.0771 e. The fraction of sp³-hybridized carbons (Fsp3) is 0.647. The van der Waals surface area contributed by atoms with Gasteiger partial charge in [0.05, 0.1) is 5.60 Å². The number of aryl methyl sites for hydroxylation is 2. The van der Waals surface area contributed by atoms with E-state index in [1.54, 1.807) is 0 Å². The summed E-state index contributed by atoms with van der Waals surface area (Å²) in [4.78, 5) is 0. The number of hydrogen-bond acceptors (Lipinski definition) is 2. The molecule has 0 spiro atoms. The molecular weight excluding hydrogens is 234 g/mol. The molecule has 19 heavy (non-hydrogen) atoms. The summed E-state index contributed by atoms with van der Waals surface area (Å²) >= 11 is 0. The molecule has 1 unspecified atom stereocenters. The van der Waals surface area contributed by atoms with E-state index in [2.05, 4.69) is 43.4 Å². The minimum atomic E-state index is -0.433. The average Bonchev–Trinajstić information content (AvgIpc) is 2.82. The molecule has 1 aromatic rings. The Hall–Kier alpha value is -0.860. The summed E-state index contributed by atoms with van der Waals surface area (Å²) in [5.41, 5.74) is 2.31. The summed E-state index contributed by atoms with van der Waals surface area (Å²) in [6.45, 7) is 5.11. The maximum atomic E-state index is 10.3. The Balaban J connectivity index is 1.71. The average molecular weight is 261 g/mol. The van der Waals surface area contributed by atoms with Crippen LogP contribution in [0.1, 0.15) is 50.2 Å². The molecule has 0 aromatic heterocycles. The van der Waals surface area contributed by atoms with Crippen LogP contribution in [0.2, 0.25) is 0 Å². The number of nitrogens with one attached hydrogen (secondary N) is 1. The summed E-state index contributed by atoms with van der Waals surface area (Å²) < 4.78 is 0. The predicted molar refractivity (Wildman–Crippen MR) is 80.4 cm³/mol. The summed E-state index contributed by atoms with van der Waals surface area (Å²) in [5, 5.41) is 13.8. The molecule has 2 nitrogen and oxygen atoms in total. The van der Waals surface area contributed by atoms with Crippen molar-refractivity contribution in [2.75, 3.05) is 6.54 Å². The van der Waals surface area contributed by atoms with Crippen molar-refractivity contribution in [2.24, 2.45) is 0 Å². The maximum absolute atomic E-state index is 10.3. The summed E-state index contributed by atoms with van der Waals surface area (Å²) in [6.07, 6.45) is 6.51. The van der Waals surface area contributed by atoms with E-state index in [-0.39, 0.29) is 0 Å². The number of hydrogen-bond donors (Lipinski definition) is 2. The number of rotatable bonds is 6. The second-order valence-corrected chi connectivity index (χ2v) is 6.24. The van der Waals surface area contributed by atoms with Gasteiger partial charge in [-0.05, 0) is 45.1 Å². The Labute approximate surface area is 117 Å². The lowest BCUT2D eigenvalue weighted by Crippen LogP contribution is -2.41. The largest absolute Gasteiger partial charge is 0.389 e. The molecule has 1 saturated carbocycles. The zero-order valence-electron chi connectivity index (χ0n) is 12.3. The number of benzene rings is 1. The highest BCUT2D eigenvalue weighted by atomic mass is 16.3. The lowest BCUT2D eigenvalue weighted by Gasteiger charge is -2.25. The van der Waals surface area contributed by atoms with Crippen molar-refractivity contribution < 1.29 is 5.11 Å². The lowest BCUT2D eigenvalue weighted by molar-refractivity contribution is 0.0451. The highest BCUT2D eigenvalue weighted by Gasteiger charge is 2.30. The first kappa shape index (κ1) is 14.5. The van der Waals surface area contributed by atoms with Crippen LogP contribution in [0, 0.1) is 6.92 Å². The van der Waals surface area contributed by atoms with Gasteiger partial charge in [-0.25, -0.2) is 0 Å². The second kappa shape index (κ2) is 6.53. The molecule has 0 heterocycles. The van der Waals surface area contributed by atoms with Gasteiger partial charge in [0.15, 0.2) is 0 Å². The third kappa shape index (κ3) is 4.63. The Bertz CT molecular complexity index is 396. The molecule has 1 aliphatic rings. The molecule has 2 N–H and O–H groups in total. The van der Waals surface area contributed by atoms with E-state index in [9.17, 15) is 5.11 Å². The molecule has 1 aliphatic carbocycles. The minimum absolute atomic E-state index is 0.433. The van der Waals surface area contributed by atoms with E-state index in [4.69, 9.17) is 0 Å². The van der Waals surface area contributed by atoms with Crippen LogP contribution in [0.4, 0.5) is 0 Å². The minimum Gasteiger partial charge on any atom is -0.389 e. The van der Waals surface area contributed by atoms with E-state index in [0.29, 0.717) is 6.04 Å². The van der Waals surface area contributed by atoms with Crippen LogP contribution in [0.15, 0.2) is 24.3 Å². The van der Waals surface area contributed by atoms with E-state index < -0.39 is 5.60 Å². The van der Waals surface area contributed by atoms with Gasteiger partial charge in [-0.2, -0.15) is 0 Å². The van der Waals surface area contributed by atoms with Gasteiger partial charge < -0.3 is 10.4 Å². The third-order valence-corrected chi connectivity index (χ3v) is 4.26. The van der Waals surface area contributed by atoms with E-state index in [0.717, 1.165) is 32.2 Å². The first-order chi connectivity index (χ1) is 9.07. The van der Waals surface area contributed by atoms with Gasteiger partial charge in [-0.1, -0.05) is 42.7 Å². The van der Waals surface area contributed by atoms with E-state index in [1.807, 2.05) is 0 Å². The molecule has 2 rings (SSSR count). The first-order valence-electron chi connectivity index (χ1n) is 7.59. The second-order valence-electron chi connectivity index (χ2n) is 6.24. The van der Waals surface area contributed by atoms with Crippen LogP contribution in [0.25, 0.3) is 0 Å². The molecule has 1 atom stereocenters. The Morgan fingerprint density at radius 1 is 1.32 bits per heavy atom. The van der Waals surface area contributed by atoms with Gasteiger partial charge >= 0.3 is 0 Å². The van der Waals surface area contributed by atoms with Gasteiger partial charge in [0, 0.05) is 12.6 Å². The summed E-state index contributed by atoms with van der Waals surface area (Å²) in [5.74, 6) is 0. The molecule has 106 valence electrons. The summed E-state index contributed by atoms with van der Waals surface area (Å²) in [7, 11) is 0. The van der Waals surface area contributed by atoms with Gasteiger partial charge in [0.25, 0.3) is 0 Å². The van der Waals surface area contributed by atoms with Gasteiger partial charge in [-0.15, -0.1) is 0 Å². The topological polar surface area (TPSA) is 32.3 Å². The summed E-state index contributed by atoms with van der Waals surface area (Å²) in [6, 6.07) is 9.19. The smallest absolute Gasteiger partial charge is 0.0771 e. The molecule has 0 saturated heterocycles. The SMILES string of the molecule is Cc1cccc(CCC(C)NCC2(O)CCCC2)c1. The first-order valence-corrected chi connectivity index (χ1v) is 7.59. The molecule has 0 aliphatic heterocycles. The van der Waals surface area contributed by atoms with Crippen molar-refractivity contribution in [1.82, 2.24) is 5.32 Å². The predicted octanol–water partition coefficient (Wildman–Crippen LogP) is 3.21. The molecule has 1 aromatic carbocycles. The third-order valence-electron chi connectivity index (χ3n) is 4.26. The van der Waals surface area contributed by atoms with Gasteiger partial charge in [0.2, 0.25) is 0 Å². The zero-order chi connectivity index (χ0) is 13.7. The monoisotopic (exact) mass is 261 g/mol. The van der Waals surface area contributed by atoms with Crippen molar-refractivity contribution >= 4 is 0 Å². The molecular formula is C17H27NO. The van der Waals surface area contributed by atoms with Gasteiger partial charge in [0.1, 0.15) is 0 Å². The van der Waals surface area contributed by atoms with Crippen molar-refractivity contribution in [2.45, 2.75) is 64.0 Å². The van der Waals surface area contributed by atoms with Crippen LogP contribution in [0.5, 0.6) is 0 Å². The van der Waals surface area contributed by atoms with E-state index >= 15 is 0 Å². The number of aliphatic hydroxyl groups is 1. The van der Waals surface area contributed by atoms with E-state index in [1.165, 1.54) is 24.0 Å². The standard InChI is InChI=1S/C17H27NO/c1-14-6-5-7-16(12-14)9-8-15(2)18-13-17(19)10-3-4-11-17/h5-7,12,15,18-19H,3-4,8-11,13H2,1-2H3. The Morgan fingerprint density at radius 2 is 2.05 bits per heavy atom. The van der Waals surface area contributed by atoms with Crippen LogP contribution >= 0.6 is 0 Å². The highest BCUT2D eigenvalue weighted by molar-refractivity contribution is 5.22. The van der Waals surface area contributed by atoms with Crippen LogP contribution in [0.3, 0.4) is 0 Å². The fourth-order valence-corrected chi connectivity index (χ4v) is 2.93. The van der Waals surface area contributed by atoms with Crippen molar-refractivity contribution in [3.63, 3.8) is 0 Å². The molecule has 0 amide bonds. The van der Waals surface area contributed by atoms with Gasteiger partial charge in [-0.3, -0.25) is 0 Å². The Kier molecular flexibility index (Phi) is 5.00. The Morgan fingerprint density at radius 3 is 2.74 bits per heavy atom.